The molecule has 3 N–H and O–H groups in total. The summed E-state index contributed by atoms with van der Waals surface area (Å²) in [6.45, 7) is 6.36. The van der Waals surface area contributed by atoms with Crippen molar-refractivity contribution in [2.45, 2.75) is 283 Å². The first-order chi connectivity index (χ1) is 32.0. The minimum atomic E-state index is -0.800. The summed E-state index contributed by atoms with van der Waals surface area (Å²) in [5, 5.41) is 23.8. The fraction of sp³-hybridized carbons (Fsp3) is 0.763. The van der Waals surface area contributed by atoms with Gasteiger partial charge in [-0.05, 0) is 96.3 Å². The molecule has 0 aromatic heterocycles. The first-order valence-electron chi connectivity index (χ1n) is 27.7. The summed E-state index contributed by atoms with van der Waals surface area (Å²) in [5.41, 5.74) is 0. The Morgan fingerprint density at radius 3 is 1.29 bits per heavy atom. The molecule has 6 nitrogen and oxygen atoms in total. The van der Waals surface area contributed by atoms with Crippen molar-refractivity contribution in [3.8, 4) is 0 Å². The number of esters is 1. The SMILES string of the molecule is CC/C=C\C/C=C\C/C=C\C/C=C\C/C=C\CCCCCC(=O)OC(CCCCC/C=C/CCCCCCCCCCC)CC(=O)NC(CO)C(O)CCCCCCCCCCCCC. The van der Waals surface area contributed by atoms with Crippen LogP contribution in [0.15, 0.2) is 72.9 Å². The Hall–Kier alpha value is -2.70. The van der Waals surface area contributed by atoms with Crippen LogP contribution in [0.3, 0.4) is 0 Å². The van der Waals surface area contributed by atoms with Gasteiger partial charge in [-0.25, -0.2) is 0 Å². The topological polar surface area (TPSA) is 95.9 Å². The smallest absolute Gasteiger partial charge is 0.306 e. The molecule has 0 saturated heterocycles. The highest BCUT2D eigenvalue weighted by molar-refractivity contribution is 5.77. The number of unbranched alkanes of at least 4 members (excludes halogenated alkanes) is 25. The second-order valence-electron chi connectivity index (χ2n) is 18.6. The zero-order valence-electron chi connectivity index (χ0n) is 42.9. The van der Waals surface area contributed by atoms with Gasteiger partial charge in [0.05, 0.1) is 25.2 Å². The van der Waals surface area contributed by atoms with Crippen LogP contribution >= 0.6 is 0 Å². The van der Waals surface area contributed by atoms with Gasteiger partial charge in [-0.15, -0.1) is 0 Å². The summed E-state index contributed by atoms with van der Waals surface area (Å²) >= 11 is 0. The van der Waals surface area contributed by atoms with Crippen LogP contribution in [0.2, 0.25) is 0 Å². The Kier molecular flexibility index (Phi) is 50.1. The molecule has 0 heterocycles. The highest BCUT2D eigenvalue weighted by Crippen LogP contribution is 2.17. The van der Waals surface area contributed by atoms with Crippen molar-refractivity contribution in [3.63, 3.8) is 0 Å². The zero-order valence-corrected chi connectivity index (χ0v) is 42.9. The van der Waals surface area contributed by atoms with Crippen molar-refractivity contribution < 1.29 is 24.5 Å². The van der Waals surface area contributed by atoms with E-state index in [1.807, 2.05) is 0 Å². The quantitative estimate of drug-likeness (QED) is 0.0321. The average molecular weight is 908 g/mol. The molecule has 0 aliphatic carbocycles. The van der Waals surface area contributed by atoms with E-state index in [0.717, 1.165) is 109 Å². The van der Waals surface area contributed by atoms with Crippen LogP contribution in [0, 0.1) is 0 Å². The predicted molar refractivity (Wildman–Crippen MR) is 282 cm³/mol. The van der Waals surface area contributed by atoms with Gasteiger partial charge in [-0.2, -0.15) is 0 Å². The largest absolute Gasteiger partial charge is 0.462 e. The molecule has 0 aromatic rings. The number of nitrogens with one attached hydrogen (secondary N) is 1. The van der Waals surface area contributed by atoms with Gasteiger partial charge in [0.2, 0.25) is 5.91 Å². The minimum Gasteiger partial charge on any atom is -0.462 e. The monoisotopic (exact) mass is 908 g/mol. The van der Waals surface area contributed by atoms with E-state index in [4.69, 9.17) is 4.74 Å². The minimum absolute atomic E-state index is 0.0517. The van der Waals surface area contributed by atoms with Crippen molar-refractivity contribution in [1.82, 2.24) is 5.32 Å². The molecule has 0 aromatic carbocycles. The number of hydrogen-bond acceptors (Lipinski definition) is 5. The van der Waals surface area contributed by atoms with Gasteiger partial charge in [-0.1, -0.05) is 229 Å². The van der Waals surface area contributed by atoms with E-state index < -0.39 is 18.2 Å². The maximum absolute atomic E-state index is 13.2. The van der Waals surface area contributed by atoms with E-state index in [9.17, 15) is 19.8 Å². The molecule has 0 saturated carbocycles. The van der Waals surface area contributed by atoms with Gasteiger partial charge >= 0.3 is 5.97 Å². The molecule has 0 aliphatic rings. The number of carbonyl (C=O) groups excluding carboxylic acids is 2. The van der Waals surface area contributed by atoms with Gasteiger partial charge in [0.1, 0.15) is 6.10 Å². The predicted octanol–water partition coefficient (Wildman–Crippen LogP) is 17.0. The molecule has 3 atom stereocenters. The molecule has 0 aliphatic heterocycles. The molecule has 0 rings (SSSR count). The lowest BCUT2D eigenvalue weighted by Gasteiger charge is -2.24. The van der Waals surface area contributed by atoms with Crippen LogP contribution in [-0.2, 0) is 14.3 Å². The Morgan fingerprint density at radius 1 is 0.462 bits per heavy atom. The Labute approximate surface area is 402 Å². The second kappa shape index (κ2) is 52.3. The zero-order chi connectivity index (χ0) is 47.4. The third-order valence-corrected chi connectivity index (χ3v) is 12.3. The fourth-order valence-corrected chi connectivity index (χ4v) is 8.10. The Balaban J connectivity index is 4.66. The number of aliphatic hydroxyl groups is 2. The number of allylic oxidation sites excluding steroid dienone is 12. The molecule has 0 fully saturated rings. The summed E-state index contributed by atoms with van der Waals surface area (Å²) in [6, 6.07) is -0.715. The van der Waals surface area contributed by atoms with Crippen LogP contribution in [0.4, 0.5) is 0 Å². The number of amides is 1. The lowest BCUT2D eigenvalue weighted by atomic mass is 10.0. The summed E-state index contributed by atoms with van der Waals surface area (Å²) in [4.78, 5) is 26.2. The average Bonchev–Trinajstić information content (AvgIpc) is 3.30. The third-order valence-electron chi connectivity index (χ3n) is 12.3. The maximum atomic E-state index is 13.2. The molecule has 0 radical (unpaired) electrons. The lowest BCUT2D eigenvalue weighted by molar-refractivity contribution is -0.151. The Bertz CT molecular complexity index is 1200. The van der Waals surface area contributed by atoms with Crippen molar-refractivity contribution in [3.05, 3.63) is 72.9 Å². The van der Waals surface area contributed by atoms with E-state index in [-0.39, 0.29) is 24.9 Å². The molecule has 3 unspecified atom stereocenters. The highest BCUT2D eigenvalue weighted by atomic mass is 16.5. The van der Waals surface area contributed by atoms with E-state index >= 15 is 0 Å². The second-order valence-corrected chi connectivity index (χ2v) is 18.6. The standard InChI is InChI=1S/C59H105NO5/c1-4-7-10-13-16-19-22-24-26-28-29-30-32-34-37-40-43-46-49-52-59(64)65-55(50-47-44-41-38-36-33-31-27-25-23-20-17-14-11-8-5-2)53-58(63)60-56(54-61)57(62)51-48-45-42-39-35-21-18-15-12-9-6-3/h7,10,16,19,24,26,29-30,33-34,36-37,55-57,61-62H,4-6,8-9,11-15,17-18,20-23,25,27-28,31-32,35,38-54H2,1-3H3,(H,60,63)/b10-7-,19-16-,26-24-,30-29-,36-33+,37-34-. The molecule has 0 bridgehead atoms. The van der Waals surface area contributed by atoms with Crippen molar-refractivity contribution in [2.75, 3.05) is 6.61 Å². The normalized spacial score (nSPS) is 13.7. The summed E-state index contributed by atoms with van der Waals surface area (Å²) in [5.74, 6) is -0.524. The number of hydrogen-bond donors (Lipinski definition) is 3. The van der Waals surface area contributed by atoms with Gasteiger partial charge in [-0.3, -0.25) is 9.59 Å². The fourth-order valence-electron chi connectivity index (χ4n) is 8.10. The number of carbonyl (C=O) groups is 2. The molecular formula is C59H105NO5. The van der Waals surface area contributed by atoms with Gasteiger partial charge in [0, 0.05) is 6.42 Å². The van der Waals surface area contributed by atoms with Crippen LogP contribution in [0.5, 0.6) is 0 Å². The van der Waals surface area contributed by atoms with Crippen molar-refractivity contribution in [1.29, 1.82) is 0 Å². The van der Waals surface area contributed by atoms with E-state index in [2.05, 4.69) is 99.0 Å². The molecule has 376 valence electrons. The van der Waals surface area contributed by atoms with Crippen molar-refractivity contribution in [2.24, 2.45) is 0 Å². The van der Waals surface area contributed by atoms with E-state index in [0.29, 0.717) is 19.3 Å². The van der Waals surface area contributed by atoms with E-state index in [1.54, 1.807) is 0 Å². The molecule has 0 spiro atoms. The van der Waals surface area contributed by atoms with Crippen LogP contribution in [0.25, 0.3) is 0 Å². The van der Waals surface area contributed by atoms with Gasteiger partial charge < -0.3 is 20.3 Å². The van der Waals surface area contributed by atoms with Crippen LogP contribution < -0.4 is 5.32 Å². The summed E-state index contributed by atoms with van der Waals surface area (Å²) < 4.78 is 5.93. The van der Waals surface area contributed by atoms with Crippen LogP contribution in [0.1, 0.15) is 265 Å². The summed E-state index contributed by atoms with van der Waals surface area (Å²) in [6.07, 6.45) is 66.8. The van der Waals surface area contributed by atoms with Crippen LogP contribution in [-0.4, -0.2) is 46.9 Å². The van der Waals surface area contributed by atoms with Gasteiger partial charge in [0.15, 0.2) is 0 Å². The number of ether oxygens (including phenoxy) is 1. The number of rotatable bonds is 49. The third kappa shape index (κ3) is 47.6. The summed E-state index contributed by atoms with van der Waals surface area (Å²) in [7, 11) is 0. The maximum Gasteiger partial charge on any atom is 0.306 e. The van der Waals surface area contributed by atoms with Crippen molar-refractivity contribution >= 4 is 11.9 Å². The highest BCUT2D eigenvalue weighted by Gasteiger charge is 2.24. The molecule has 65 heavy (non-hydrogen) atoms. The van der Waals surface area contributed by atoms with E-state index in [1.165, 1.54) is 109 Å². The number of aliphatic hydroxyl groups excluding tert-OH is 2. The molecule has 6 heteroatoms. The lowest BCUT2D eigenvalue weighted by Crippen LogP contribution is -2.46. The first-order valence-corrected chi connectivity index (χ1v) is 27.7. The molecule has 1 amide bonds. The molecular weight excluding hydrogens is 803 g/mol. The first kappa shape index (κ1) is 62.3. The van der Waals surface area contributed by atoms with Gasteiger partial charge in [0.25, 0.3) is 0 Å². The Morgan fingerprint density at radius 2 is 0.831 bits per heavy atom.